The molecule has 1 N–H and O–H groups in total. The van der Waals surface area contributed by atoms with Crippen molar-refractivity contribution in [1.82, 2.24) is 10.2 Å². The molecule has 3 aromatic carbocycles. The van der Waals surface area contributed by atoms with E-state index >= 15 is 0 Å². The Bertz CT molecular complexity index is 1080. The number of fused-ring (bicyclic) bond motifs is 1. The molecular formula is C21H16ClFN2O2. The number of imide groups is 1. The average Bonchev–Trinajstić information content (AvgIpc) is 2.87. The molecule has 1 aliphatic rings. The SMILES string of the molecule is CC1(c2ccc3ccccc3c2)NC(=O)N(Cc2ccc(F)cc2Cl)C1=O. The first kappa shape index (κ1) is 17.5. The molecule has 1 fully saturated rings. The van der Waals surface area contributed by atoms with E-state index in [4.69, 9.17) is 11.6 Å². The Kier molecular flexibility index (Phi) is 4.12. The van der Waals surface area contributed by atoms with Gasteiger partial charge in [0.15, 0.2) is 0 Å². The van der Waals surface area contributed by atoms with Crippen LogP contribution in [0.15, 0.2) is 60.7 Å². The van der Waals surface area contributed by atoms with Crippen molar-refractivity contribution in [2.24, 2.45) is 0 Å². The summed E-state index contributed by atoms with van der Waals surface area (Å²) in [4.78, 5) is 26.7. The van der Waals surface area contributed by atoms with Gasteiger partial charge in [-0.3, -0.25) is 9.69 Å². The maximum atomic E-state index is 13.2. The van der Waals surface area contributed by atoms with Gasteiger partial charge >= 0.3 is 6.03 Å². The lowest BCUT2D eigenvalue weighted by molar-refractivity contribution is -0.131. The predicted octanol–water partition coefficient (Wildman–Crippen LogP) is 4.60. The number of nitrogens with one attached hydrogen (secondary N) is 1. The van der Waals surface area contributed by atoms with Gasteiger partial charge in [0.25, 0.3) is 5.91 Å². The Hall–Kier alpha value is -2.92. The summed E-state index contributed by atoms with van der Waals surface area (Å²) in [5.41, 5.74) is 0.0322. The van der Waals surface area contributed by atoms with E-state index in [9.17, 15) is 14.0 Å². The molecule has 1 saturated heterocycles. The molecule has 0 aromatic heterocycles. The van der Waals surface area contributed by atoms with Gasteiger partial charge in [-0.2, -0.15) is 0 Å². The van der Waals surface area contributed by atoms with E-state index in [0.29, 0.717) is 11.1 Å². The van der Waals surface area contributed by atoms with Gasteiger partial charge in [0.05, 0.1) is 6.54 Å². The lowest BCUT2D eigenvalue weighted by Gasteiger charge is -2.23. The second-order valence-corrected chi connectivity index (χ2v) is 7.15. The zero-order valence-electron chi connectivity index (χ0n) is 14.5. The van der Waals surface area contributed by atoms with E-state index in [-0.39, 0.29) is 17.5 Å². The topological polar surface area (TPSA) is 49.4 Å². The molecule has 0 saturated carbocycles. The van der Waals surface area contributed by atoms with Crippen LogP contribution < -0.4 is 5.32 Å². The Morgan fingerprint density at radius 1 is 1.04 bits per heavy atom. The maximum Gasteiger partial charge on any atom is 0.325 e. The highest BCUT2D eigenvalue weighted by atomic mass is 35.5. The minimum Gasteiger partial charge on any atom is -0.319 e. The smallest absolute Gasteiger partial charge is 0.319 e. The minimum absolute atomic E-state index is 0.0209. The molecule has 1 unspecified atom stereocenters. The van der Waals surface area contributed by atoms with Crippen molar-refractivity contribution in [3.8, 4) is 0 Å². The monoisotopic (exact) mass is 382 g/mol. The van der Waals surface area contributed by atoms with Gasteiger partial charge in [-0.25, -0.2) is 9.18 Å². The van der Waals surface area contributed by atoms with E-state index in [1.807, 2.05) is 42.5 Å². The van der Waals surface area contributed by atoms with E-state index in [1.54, 1.807) is 6.92 Å². The van der Waals surface area contributed by atoms with E-state index < -0.39 is 17.4 Å². The third-order valence-corrected chi connectivity index (χ3v) is 5.30. The minimum atomic E-state index is -1.17. The molecular weight excluding hydrogens is 367 g/mol. The van der Waals surface area contributed by atoms with Crippen LogP contribution >= 0.6 is 11.6 Å². The quantitative estimate of drug-likeness (QED) is 0.673. The summed E-state index contributed by atoms with van der Waals surface area (Å²) in [6.45, 7) is 1.66. The normalized spacial score (nSPS) is 19.6. The molecule has 1 heterocycles. The number of rotatable bonds is 3. The number of nitrogens with zero attached hydrogens (tertiary/aromatic N) is 1. The summed E-state index contributed by atoms with van der Waals surface area (Å²) < 4.78 is 13.2. The molecule has 1 atom stereocenters. The molecule has 4 nitrogen and oxygen atoms in total. The highest BCUT2D eigenvalue weighted by molar-refractivity contribution is 6.31. The Morgan fingerprint density at radius 3 is 2.52 bits per heavy atom. The molecule has 3 aromatic rings. The highest BCUT2D eigenvalue weighted by Gasteiger charge is 2.49. The summed E-state index contributed by atoms with van der Waals surface area (Å²) in [6, 6.07) is 16.9. The van der Waals surface area contributed by atoms with Crippen LogP contribution in [0.5, 0.6) is 0 Å². The summed E-state index contributed by atoms with van der Waals surface area (Å²) in [7, 11) is 0. The third-order valence-electron chi connectivity index (χ3n) is 4.95. The number of carbonyl (C=O) groups excluding carboxylic acids is 2. The molecule has 3 amide bonds. The van der Waals surface area contributed by atoms with Crippen molar-refractivity contribution in [3.05, 3.63) is 82.6 Å². The number of amides is 3. The van der Waals surface area contributed by atoms with Gasteiger partial charge in [-0.1, -0.05) is 54.1 Å². The predicted molar refractivity (Wildman–Crippen MR) is 102 cm³/mol. The number of halogens is 2. The average molecular weight is 383 g/mol. The second kappa shape index (κ2) is 6.35. The van der Waals surface area contributed by atoms with Gasteiger partial charge in [-0.05, 0) is 47.0 Å². The fourth-order valence-corrected chi connectivity index (χ4v) is 3.58. The Balaban J connectivity index is 1.68. The fraction of sp³-hybridized carbons (Fsp3) is 0.143. The molecule has 0 bridgehead atoms. The lowest BCUT2D eigenvalue weighted by atomic mass is 9.90. The molecule has 6 heteroatoms. The van der Waals surface area contributed by atoms with Crippen molar-refractivity contribution in [3.63, 3.8) is 0 Å². The molecule has 0 spiro atoms. The summed E-state index contributed by atoms with van der Waals surface area (Å²) >= 11 is 6.05. The van der Waals surface area contributed by atoms with Crippen LogP contribution in [0, 0.1) is 5.82 Å². The zero-order valence-corrected chi connectivity index (χ0v) is 15.3. The standard InChI is InChI=1S/C21H16ClFN2O2/c1-21(16-8-6-13-4-2-3-5-14(13)10-16)19(26)25(20(27)24-21)12-15-7-9-17(23)11-18(15)22/h2-11H,12H2,1H3,(H,24,27). The largest absolute Gasteiger partial charge is 0.325 e. The van der Waals surface area contributed by atoms with E-state index in [0.717, 1.165) is 21.7 Å². The number of urea groups is 1. The lowest BCUT2D eigenvalue weighted by Crippen LogP contribution is -2.40. The number of hydrogen-bond donors (Lipinski definition) is 1. The van der Waals surface area contributed by atoms with Crippen LogP contribution in [-0.4, -0.2) is 16.8 Å². The van der Waals surface area contributed by atoms with Gasteiger partial charge in [0.1, 0.15) is 11.4 Å². The molecule has 0 aliphatic carbocycles. The van der Waals surface area contributed by atoms with E-state index in [1.165, 1.54) is 12.1 Å². The van der Waals surface area contributed by atoms with Crippen molar-refractivity contribution < 1.29 is 14.0 Å². The molecule has 1 aliphatic heterocycles. The second-order valence-electron chi connectivity index (χ2n) is 6.74. The highest BCUT2D eigenvalue weighted by Crippen LogP contribution is 2.32. The van der Waals surface area contributed by atoms with Gasteiger partial charge < -0.3 is 5.32 Å². The van der Waals surface area contributed by atoms with Crippen molar-refractivity contribution in [1.29, 1.82) is 0 Å². The summed E-state index contributed by atoms with van der Waals surface area (Å²) in [6.07, 6.45) is 0. The van der Waals surface area contributed by atoms with Crippen LogP contribution in [0.3, 0.4) is 0 Å². The third kappa shape index (κ3) is 2.94. The van der Waals surface area contributed by atoms with Crippen molar-refractivity contribution in [2.75, 3.05) is 0 Å². The molecule has 27 heavy (non-hydrogen) atoms. The zero-order chi connectivity index (χ0) is 19.2. The first-order chi connectivity index (χ1) is 12.9. The Morgan fingerprint density at radius 2 is 1.78 bits per heavy atom. The van der Waals surface area contributed by atoms with E-state index in [2.05, 4.69) is 5.32 Å². The van der Waals surface area contributed by atoms with Crippen LogP contribution in [-0.2, 0) is 16.9 Å². The molecule has 0 radical (unpaired) electrons. The maximum absolute atomic E-state index is 13.2. The fourth-order valence-electron chi connectivity index (χ4n) is 3.36. The van der Waals surface area contributed by atoms with Crippen LogP contribution in [0.1, 0.15) is 18.1 Å². The van der Waals surface area contributed by atoms with Gasteiger partial charge in [0.2, 0.25) is 0 Å². The molecule has 4 rings (SSSR count). The van der Waals surface area contributed by atoms with Crippen molar-refractivity contribution >= 4 is 34.3 Å². The summed E-state index contributed by atoms with van der Waals surface area (Å²) in [5.74, 6) is -0.842. The van der Waals surface area contributed by atoms with Crippen LogP contribution in [0.25, 0.3) is 10.8 Å². The Labute approximate surface area is 160 Å². The summed E-state index contributed by atoms with van der Waals surface area (Å²) in [5, 5.41) is 5.00. The number of hydrogen-bond acceptors (Lipinski definition) is 2. The van der Waals surface area contributed by atoms with Gasteiger partial charge in [0, 0.05) is 5.02 Å². The van der Waals surface area contributed by atoms with Crippen molar-refractivity contribution in [2.45, 2.75) is 19.0 Å². The molecule has 136 valence electrons. The number of carbonyl (C=O) groups is 2. The number of benzene rings is 3. The van der Waals surface area contributed by atoms with Crippen LogP contribution in [0.2, 0.25) is 5.02 Å². The van der Waals surface area contributed by atoms with Crippen LogP contribution in [0.4, 0.5) is 9.18 Å². The van der Waals surface area contributed by atoms with Gasteiger partial charge in [-0.15, -0.1) is 0 Å². The first-order valence-electron chi connectivity index (χ1n) is 8.46. The first-order valence-corrected chi connectivity index (χ1v) is 8.83.